The summed E-state index contributed by atoms with van der Waals surface area (Å²) in [6.45, 7) is 2.61. The molecule has 4 nitrogen and oxygen atoms in total. The Bertz CT molecular complexity index is 886. The van der Waals surface area contributed by atoms with E-state index >= 15 is 0 Å². The predicted molar refractivity (Wildman–Crippen MR) is 125 cm³/mol. The van der Waals surface area contributed by atoms with Gasteiger partial charge in [0.1, 0.15) is 0 Å². The van der Waals surface area contributed by atoms with Gasteiger partial charge >= 0.3 is 5.97 Å². The first-order valence-electron chi connectivity index (χ1n) is 12.7. The van der Waals surface area contributed by atoms with Gasteiger partial charge in [-0.15, -0.1) is 0 Å². The monoisotopic (exact) mass is 435 g/mol. The summed E-state index contributed by atoms with van der Waals surface area (Å²) in [4.78, 5) is 25.7. The highest BCUT2D eigenvalue weighted by Gasteiger charge is 2.61. The first kappa shape index (κ1) is 21.7. The van der Waals surface area contributed by atoms with E-state index in [2.05, 4.69) is 42.6 Å². The van der Waals surface area contributed by atoms with Crippen LogP contribution in [0.2, 0.25) is 0 Å². The van der Waals surface area contributed by atoms with Gasteiger partial charge in [0.2, 0.25) is 0 Å². The highest BCUT2D eigenvalue weighted by molar-refractivity contribution is 5.83. The number of benzene rings is 1. The van der Waals surface area contributed by atoms with Crippen LogP contribution in [0.5, 0.6) is 0 Å². The van der Waals surface area contributed by atoms with Crippen molar-refractivity contribution in [2.75, 3.05) is 13.2 Å². The van der Waals surface area contributed by atoms with Crippen molar-refractivity contribution in [2.45, 2.75) is 83.0 Å². The molecule has 172 valence electrons. The molecule has 4 fully saturated rings. The van der Waals surface area contributed by atoms with Crippen LogP contribution in [0.1, 0.15) is 81.8 Å². The number of hydrogen-bond donors (Lipinski definition) is 1. The Morgan fingerprint density at radius 1 is 1.06 bits per heavy atom. The zero-order valence-electron chi connectivity index (χ0n) is 19.5. The summed E-state index contributed by atoms with van der Waals surface area (Å²) in [7, 11) is 0. The summed E-state index contributed by atoms with van der Waals surface area (Å²) in [5, 5.41) is 2.94. The Balaban J connectivity index is 1.19. The lowest BCUT2D eigenvalue weighted by Gasteiger charge is -2.61. The molecular formula is C28H37NO3. The number of nitrogens with one attached hydrogen (secondary N) is 1. The fraction of sp³-hybridized carbons (Fsp3) is 0.643. The normalized spacial score (nSPS) is 33.0. The van der Waals surface area contributed by atoms with E-state index in [-0.39, 0.29) is 23.9 Å². The number of carbonyl (C=O) groups is 2. The van der Waals surface area contributed by atoms with Crippen LogP contribution in [-0.2, 0) is 19.7 Å². The number of allylic oxidation sites excluding steroid dienone is 1. The Labute approximate surface area is 192 Å². The van der Waals surface area contributed by atoms with Crippen molar-refractivity contribution >= 4 is 11.9 Å². The molecule has 4 heteroatoms. The third kappa shape index (κ3) is 4.25. The maximum absolute atomic E-state index is 13.3. The van der Waals surface area contributed by atoms with E-state index in [1.165, 1.54) is 48.8 Å². The van der Waals surface area contributed by atoms with Gasteiger partial charge in [0.15, 0.2) is 6.61 Å². The molecule has 0 heterocycles. The summed E-state index contributed by atoms with van der Waals surface area (Å²) < 4.78 is 5.67. The topological polar surface area (TPSA) is 55.4 Å². The molecule has 0 aliphatic heterocycles. The van der Waals surface area contributed by atoms with Crippen molar-refractivity contribution in [3.05, 3.63) is 47.0 Å². The van der Waals surface area contributed by atoms with E-state index in [0.29, 0.717) is 18.4 Å². The molecule has 4 bridgehead atoms. The van der Waals surface area contributed by atoms with E-state index < -0.39 is 5.41 Å². The molecule has 0 spiro atoms. The number of esters is 1. The van der Waals surface area contributed by atoms with Gasteiger partial charge in [-0.05, 0) is 100 Å². The Hall–Kier alpha value is -2.10. The number of hydrogen-bond acceptors (Lipinski definition) is 3. The second-order valence-corrected chi connectivity index (χ2v) is 11.2. The summed E-state index contributed by atoms with van der Waals surface area (Å²) in [5.74, 6) is 0.895. The van der Waals surface area contributed by atoms with Crippen LogP contribution in [-0.4, -0.2) is 25.0 Å². The van der Waals surface area contributed by atoms with E-state index in [1.54, 1.807) is 0 Å². The minimum absolute atomic E-state index is 0.104. The number of carbonyl (C=O) groups excluding carboxylic acids is 2. The quantitative estimate of drug-likeness (QED) is 0.462. The molecule has 1 aromatic rings. The average molecular weight is 436 g/mol. The highest BCUT2D eigenvalue weighted by atomic mass is 16.5. The van der Waals surface area contributed by atoms with Gasteiger partial charge in [-0.3, -0.25) is 9.59 Å². The van der Waals surface area contributed by atoms with Gasteiger partial charge in [-0.25, -0.2) is 0 Å². The molecule has 0 saturated heterocycles. The zero-order valence-corrected chi connectivity index (χ0v) is 19.5. The zero-order chi connectivity index (χ0) is 22.2. The standard InChI is InChI=1S/C28H37NO3/c1-20-7-9-24(10-8-20)27-14-22-13-23(15-27)17-28(16-22,19-27)26(31)32-18-25(30)29-12-11-21-5-3-2-4-6-21/h5,7-10,22-23H,2-4,6,11-19H2,1H3,(H,29,30)/t22-,23-,27?,28?/m1/s1. The second-order valence-electron chi connectivity index (χ2n) is 11.2. The summed E-state index contributed by atoms with van der Waals surface area (Å²) in [5.41, 5.74) is 3.82. The SMILES string of the molecule is Cc1ccc(C23C[C@H]4C[C@@H](CC(C(=O)OCC(=O)NCCC5=CCCCC5)(C4)C2)C3)cc1. The summed E-state index contributed by atoms with van der Waals surface area (Å²) >= 11 is 0. The van der Waals surface area contributed by atoms with Crippen molar-refractivity contribution in [1.29, 1.82) is 0 Å². The molecule has 2 atom stereocenters. The molecule has 5 aliphatic carbocycles. The van der Waals surface area contributed by atoms with Gasteiger partial charge in [0.05, 0.1) is 5.41 Å². The third-order valence-electron chi connectivity index (χ3n) is 8.65. The van der Waals surface area contributed by atoms with Gasteiger partial charge in [-0.1, -0.05) is 41.5 Å². The highest BCUT2D eigenvalue weighted by Crippen LogP contribution is 2.66. The molecule has 0 radical (unpaired) electrons. The van der Waals surface area contributed by atoms with E-state index in [1.807, 2.05) is 0 Å². The summed E-state index contributed by atoms with van der Waals surface area (Å²) in [6, 6.07) is 8.95. The first-order chi connectivity index (χ1) is 15.5. The van der Waals surface area contributed by atoms with Gasteiger partial charge < -0.3 is 10.1 Å². The van der Waals surface area contributed by atoms with Crippen LogP contribution in [0.4, 0.5) is 0 Å². The number of ether oxygens (including phenoxy) is 1. The minimum Gasteiger partial charge on any atom is -0.455 e. The van der Waals surface area contributed by atoms with Crippen molar-refractivity contribution in [2.24, 2.45) is 17.3 Å². The smallest absolute Gasteiger partial charge is 0.312 e. The molecule has 1 amide bonds. The Morgan fingerprint density at radius 3 is 2.50 bits per heavy atom. The van der Waals surface area contributed by atoms with Crippen LogP contribution in [0.15, 0.2) is 35.9 Å². The molecule has 0 unspecified atom stereocenters. The van der Waals surface area contributed by atoms with E-state index in [9.17, 15) is 9.59 Å². The maximum atomic E-state index is 13.3. The second kappa shape index (κ2) is 8.68. The molecule has 1 aromatic carbocycles. The van der Waals surface area contributed by atoms with Gasteiger partial charge in [0, 0.05) is 6.54 Å². The van der Waals surface area contributed by atoms with Gasteiger partial charge in [0.25, 0.3) is 5.91 Å². The van der Waals surface area contributed by atoms with Crippen molar-refractivity contribution < 1.29 is 14.3 Å². The van der Waals surface area contributed by atoms with Crippen LogP contribution in [0.25, 0.3) is 0 Å². The third-order valence-corrected chi connectivity index (χ3v) is 8.65. The lowest BCUT2D eigenvalue weighted by atomic mass is 9.43. The maximum Gasteiger partial charge on any atom is 0.312 e. The summed E-state index contributed by atoms with van der Waals surface area (Å²) in [6.07, 6.45) is 14.5. The minimum atomic E-state index is -0.401. The van der Waals surface area contributed by atoms with Crippen molar-refractivity contribution in [3.8, 4) is 0 Å². The number of rotatable bonds is 7. The number of amides is 1. The molecule has 1 N–H and O–H groups in total. The Kier molecular flexibility index (Phi) is 5.90. The fourth-order valence-corrected chi connectivity index (χ4v) is 7.58. The van der Waals surface area contributed by atoms with Crippen LogP contribution in [0.3, 0.4) is 0 Å². The predicted octanol–water partition coefficient (Wildman–Crippen LogP) is 5.38. The van der Waals surface area contributed by atoms with Crippen LogP contribution < -0.4 is 5.32 Å². The molecule has 32 heavy (non-hydrogen) atoms. The largest absolute Gasteiger partial charge is 0.455 e. The molecule has 4 saturated carbocycles. The average Bonchev–Trinajstić information content (AvgIpc) is 2.77. The fourth-order valence-electron chi connectivity index (χ4n) is 7.58. The Morgan fingerprint density at radius 2 is 1.81 bits per heavy atom. The van der Waals surface area contributed by atoms with Crippen LogP contribution >= 0.6 is 0 Å². The van der Waals surface area contributed by atoms with Gasteiger partial charge in [-0.2, -0.15) is 0 Å². The van der Waals surface area contributed by atoms with Crippen molar-refractivity contribution in [3.63, 3.8) is 0 Å². The lowest BCUT2D eigenvalue weighted by molar-refractivity contribution is -0.175. The molecule has 0 aromatic heterocycles. The number of aryl methyl sites for hydroxylation is 1. The molecular weight excluding hydrogens is 398 g/mol. The van der Waals surface area contributed by atoms with Crippen LogP contribution in [0, 0.1) is 24.2 Å². The van der Waals surface area contributed by atoms with Crippen molar-refractivity contribution in [1.82, 2.24) is 5.32 Å². The molecule has 6 rings (SSSR count). The van der Waals surface area contributed by atoms with E-state index in [0.717, 1.165) is 38.5 Å². The lowest BCUT2D eigenvalue weighted by Crippen LogP contribution is -2.57. The first-order valence-corrected chi connectivity index (χ1v) is 12.7. The molecule has 5 aliphatic rings. The van der Waals surface area contributed by atoms with E-state index in [4.69, 9.17) is 4.74 Å².